The van der Waals surface area contributed by atoms with E-state index in [4.69, 9.17) is 10.5 Å². The van der Waals surface area contributed by atoms with E-state index < -0.39 is 0 Å². The van der Waals surface area contributed by atoms with E-state index in [1.54, 1.807) is 11.3 Å². The molecule has 0 bridgehead atoms. The van der Waals surface area contributed by atoms with Gasteiger partial charge in [-0.3, -0.25) is 0 Å². The minimum absolute atomic E-state index is 0.584. The van der Waals surface area contributed by atoms with Crippen molar-refractivity contribution < 1.29 is 4.74 Å². The van der Waals surface area contributed by atoms with Gasteiger partial charge in [-0.15, -0.1) is 11.3 Å². The van der Waals surface area contributed by atoms with Crippen LogP contribution in [0.1, 0.15) is 22.5 Å². The molecule has 0 amide bonds. The second-order valence-electron chi connectivity index (χ2n) is 3.95. The van der Waals surface area contributed by atoms with Crippen molar-refractivity contribution in [2.45, 2.75) is 26.3 Å². The van der Waals surface area contributed by atoms with E-state index in [9.17, 15) is 0 Å². The zero-order valence-corrected chi connectivity index (χ0v) is 11.4. The van der Waals surface area contributed by atoms with Gasteiger partial charge in [0.25, 0.3) is 0 Å². The molecule has 2 aromatic rings. The van der Waals surface area contributed by atoms with Crippen LogP contribution in [0.4, 0.5) is 0 Å². The Bertz CT molecular complexity index is 460. The molecule has 0 saturated carbocycles. The van der Waals surface area contributed by atoms with Gasteiger partial charge in [0.05, 0.1) is 17.3 Å². The summed E-state index contributed by atoms with van der Waals surface area (Å²) >= 11 is 1.70. The Balaban J connectivity index is 1.88. The first-order valence-electron chi connectivity index (χ1n) is 6.18. The smallest absolute Gasteiger partial charge is 0.119 e. The van der Waals surface area contributed by atoms with E-state index in [1.807, 2.05) is 30.3 Å². The molecular weight excluding hydrogens is 244 g/mol. The summed E-state index contributed by atoms with van der Waals surface area (Å²) < 4.78 is 5.66. The fourth-order valence-corrected chi connectivity index (χ4v) is 2.77. The number of aromatic nitrogens is 1. The van der Waals surface area contributed by atoms with Crippen molar-refractivity contribution in [2.24, 2.45) is 5.73 Å². The molecule has 1 heterocycles. The van der Waals surface area contributed by atoms with Gasteiger partial charge < -0.3 is 10.5 Å². The van der Waals surface area contributed by atoms with Crippen LogP contribution in [0.3, 0.4) is 0 Å². The van der Waals surface area contributed by atoms with Crippen molar-refractivity contribution in [1.82, 2.24) is 4.98 Å². The van der Waals surface area contributed by atoms with Gasteiger partial charge in [0.1, 0.15) is 5.75 Å². The van der Waals surface area contributed by atoms with Crippen LogP contribution in [-0.2, 0) is 19.4 Å². The molecule has 4 heteroatoms. The third-order valence-corrected chi connectivity index (χ3v) is 3.85. The van der Waals surface area contributed by atoms with Crippen molar-refractivity contribution >= 4 is 11.3 Å². The van der Waals surface area contributed by atoms with Crippen molar-refractivity contribution in [3.8, 4) is 5.75 Å². The largest absolute Gasteiger partial charge is 0.493 e. The summed E-state index contributed by atoms with van der Waals surface area (Å²) in [5, 5.41) is 1.11. The van der Waals surface area contributed by atoms with Crippen LogP contribution in [0.25, 0.3) is 0 Å². The number of hydrogen-bond donors (Lipinski definition) is 1. The lowest BCUT2D eigenvalue weighted by molar-refractivity contribution is 0.321. The molecule has 0 fully saturated rings. The summed E-state index contributed by atoms with van der Waals surface area (Å²) in [6, 6.07) is 9.85. The average Bonchev–Trinajstić information content (AvgIpc) is 2.82. The number of para-hydroxylation sites is 1. The number of ether oxygens (including phenoxy) is 1. The monoisotopic (exact) mass is 262 g/mol. The SMILES string of the molecule is CCc1nc(CCOc2ccccc2)sc1CN. The Morgan fingerprint density at radius 3 is 2.67 bits per heavy atom. The van der Waals surface area contributed by atoms with Gasteiger partial charge >= 0.3 is 0 Å². The maximum atomic E-state index is 5.70. The minimum Gasteiger partial charge on any atom is -0.493 e. The molecule has 0 aliphatic rings. The van der Waals surface area contributed by atoms with Gasteiger partial charge in [0, 0.05) is 17.8 Å². The lowest BCUT2D eigenvalue weighted by Gasteiger charge is -2.03. The third kappa shape index (κ3) is 3.31. The zero-order chi connectivity index (χ0) is 12.8. The lowest BCUT2D eigenvalue weighted by Crippen LogP contribution is -2.01. The van der Waals surface area contributed by atoms with Crippen LogP contribution >= 0.6 is 11.3 Å². The first-order valence-corrected chi connectivity index (χ1v) is 7.00. The van der Waals surface area contributed by atoms with Gasteiger partial charge in [-0.25, -0.2) is 4.98 Å². The zero-order valence-electron chi connectivity index (χ0n) is 10.6. The van der Waals surface area contributed by atoms with Gasteiger partial charge in [0.15, 0.2) is 0 Å². The molecule has 0 unspecified atom stereocenters. The molecule has 3 nitrogen and oxygen atoms in total. The van der Waals surface area contributed by atoms with E-state index in [1.165, 1.54) is 4.88 Å². The number of nitrogens with two attached hydrogens (primary N) is 1. The van der Waals surface area contributed by atoms with Crippen LogP contribution in [0.2, 0.25) is 0 Å². The summed E-state index contributed by atoms with van der Waals surface area (Å²) in [7, 11) is 0. The average molecular weight is 262 g/mol. The van der Waals surface area contributed by atoms with Crippen LogP contribution in [0.5, 0.6) is 5.75 Å². The number of rotatable bonds is 6. The Morgan fingerprint density at radius 1 is 1.28 bits per heavy atom. The first kappa shape index (κ1) is 13.1. The summed E-state index contributed by atoms with van der Waals surface area (Å²) in [5.41, 5.74) is 6.83. The summed E-state index contributed by atoms with van der Waals surface area (Å²) in [5.74, 6) is 0.906. The van der Waals surface area contributed by atoms with Crippen molar-refractivity contribution in [3.63, 3.8) is 0 Å². The topological polar surface area (TPSA) is 48.1 Å². The van der Waals surface area contributed by atoms with Gasteiger partial charge in [-0.2, -0.15) is 0 Å². The molecule has 2 rings (SSSR count). The summed E-state index contributed by atoms with van der Waals surface area (Å²) in [6.07, 6.45) is 1.79. The van der Waals surface area contributed by atoms with E-state index in [0.717, 1.165) is 29.3 Å². The van der Waals surface area contributed by atoms with E-state index in [-0.39, 0.29) is 0 Å². The highest BCUT2D eigenvalue weighted by Crippen LogP contribution is 2.19. The minimum atomic E-state index is 0.584. The Hall–Kier alpha value is -1.39. The molecule has 0 spiro atoms. The standard InChI is InChI=1S/C14H18N2OS/c1-2-12-13(10-15)18-14(16-12)8-9-17-11-6-4-3-5-7-11/h3-7H,2,8-10,15H2,1H3. The van der Waals surface area contributed by atoms with Gasteiger partial charge in [-0.1, -0.05) is 25.1 Å². The molecule has 18 heavy (non-hydrogen) atoms. The number of nitrogens with zero attached hydrogens (tertiary/aromatic N) is 1. The van der Waals surface area contributed by atoms with Crippen molar-refractivity contribution in [2.75, 3.05) is 6.61 Å². The molecule has 96 valence electrons. The number of aryl methyl sites for hydroxylation is 1. The quantitative estimate of drug-likeness (QED) is 0.871. The fourth-order valence-electron chi connectivity index (χ4n) is 1.75. The second-order valence-corrected chi connectivity index (χ2v) is 5.11. The normalized spacial score (nSPS) is 10.6. The van der Waals surface area contributed by atoms with Gasteiger partial charge in [-0.05, 0) is 18.6 Å². The predicted molar refractivity (Wildman–Crippen MR) is 75.0 cm³/mol. The molecule has 0 radical (unpaired) electrons. The molecule has 0 aliphatic carbocycles. The fraction of sp³-hybridized carbons (Fsp3) is 0.357. The summed E-state index contributed by atoms with van der Waals surface area (Å²) in [4.78, 5) is 5.79. The molecule has 0 aliphatic heterocycles. The predicted octanol–water partition coefficient (Wildman–Crippen LogP) is 2.79. The third-order valence-electron chi connectivity index (χ3n) is 2.67. The van der Waals surface area contributed by atoms with E-state index in [0.29, 0.717) is 13.2 Å². The second kappa shape index (κ2) is 6.52. The lowest BCUT2D eigenvalue weighted by atomic mass is 10.3. The highest BCUT2D eigenvalue weighted by molar-refractivity contribution is 7.11. The van der Waals surface area contributed by atoms with Crippen LogP contribution in [-0.4, -0.2) is 11.6 Å². The maximum absolute atomic E-state index is 5.70. The number of benzene rings is 1. The Labute approximate surface area is 112 Å². The van der Waals surface area contributed by atoms with Crippen molar-refractivity contribution in [1.29, 1.82) is 0 Å². The molecule has 1 aromatic carbocycles. The van der Waals surface area contributed by atoms with E-state index in [2.05, 4.69) is 11.9 Å². The molecular formula is C14H18N2OS. The van der Waals surface area contributed by atoms with Crippen LogP contribution in [0.15, 0.2) is 30.3 Å². The molecule has 0 saturated heterocycles. The molecule has 1 aromatic heterocycles. The molecule has 2 N–H and O–H groups in total. The highest BCUT2D eigenvalue weighted by atomic mass is 32.1. The van der Waals surface area contributed by atoms with Crippen molar-refractivity contribution in [3.05, 3.63) is 45.9 Å². The summed E-state index contributed by atoms with van der Waals surface area (Å²) in [6.45, 7) is 3.35. The Kier molecular flexibility index (Phi) is 4.73. The van der Waals surface area contributed by atoms with Crippen LogP contribution in [0, 0.1) is 0 Å². The molecule has 0 atom stereocenters. The van der Waals surface area contributed by atoms with Gasteiger partial charge in [0.2, 0.25) is 0 Å². The van der Waals surface area contributed by atoms with E-state index >= 15 is 0 Å². The highest BCUT2D eigenvalue weighted by Gasteiger charge is 2.08. The number of thiazole rings is 1. The number of hydrogen-bond acceptors (Lipinski definition) is 4. The Morgan fingerprint density at radius 2 is 2.06 bits per heavy atom. The maximum Gasteiger partial charge on any atom is 0.119 e. The van der Waals surface area contributed by atoms with Crippen LogP contribution < -0.4 is 10.5 Å². The first-order chi connectivity index (χ1) is 8.83.